The standard InChI is InChI=1S/C19H23NO3/c1-13-11-16(5-4-10-20-15(3)21)12-14(2)19(13)23-18-8-6-17(22)7-9-18/h6-9,11-12,22H,4-5,10H2,1-3H3,(H,20,21). The predicted octanol–water partition coefficient (Wildman–Crippen LogP) is 3.87. The highest BCUT2D eigenvalue weighted by atomic mass is 16.5. The van der Waals surface area contributed by atoms with Crippen molar-refractivity contribution in [3.63, 3.8) is 0 Å². The van der Waals surface area contributed by atoms with Crippen molar-refractivity contribution < 1.29 is 14.6 Å². The molecule has 2 N–H and O–H groups in total. The lowest BCUT2D eigenvalue weighted by Crippen LogP contribution is -2.21. The predicted molar refractivity (Wildman–Crippen MR) is 91.1 cm³/mol. The Bertz CT molecular complexity index is 655. The smallest absolute Gasteiger partial charge is 0.216 e. The monoisotopic (exact) mass is 313 g/mol. The third-order valence-corrected chi connectivity index (χ3v) is 3.59. The van der Waals surface area contributed by atoms with Crippen LogP contribution < -0.4 is 10.1 Å². The first-order valence-electron chi connectivity index (χ1n) is 7.77. The SMILES string of the molecule is CC(=O)NCCCc1cc(C)c(Oc2ccc(O)cc2)c(C)c1. The molecule has 122 valence electrons. The Morgan fingerprint density at radius 2 is 1.74 bits per heavy atom. The number of phenolic OH excluding ortho intramolecular Hbond substituents is 1. The minimum absolute atomic E-state index is 0.00927. The van der Waals surface area contributed by atoms with Crippen LogP contribution >= 0.6 is 0 Å². The molecule has 0 aliphatic carbocycles. The van der Waals surface area contributed by atoms with Gasteiger partial charge in [-0.3, -0.25) is 4.79 Å². The Balaban J connectivity index is 2.04. The van der Waals surface area contributed by atoms with Gasteiger partial charge in [-0.05, 0) is 67.6 Å². The quantitative estimate of drug-likeness (QED) is 0.796. The van der Waals surface area contributed by atoms with E-state index in [-0.39, 0.29) is 11.7 Å². The summed E-state index contributed by atoms with van der Waals surface area (Å²) in [6.45, 7) is 6.28. The number of benzene rings is 2. The summed E-state index contributed by atoms with van der Waals surface area (Å²) in [5.74, 6) is 1.78. The van der Waals surface area contributed by atoms with Gasteiger partial charge < -0.3 is 15.2 Å². The van der Waals surface area contributed by atoms with Gasteiger partial charge >= 0.3 is 0 Å². The van der Waals surface area contributed by atoms with Gasteiger partial charge in [0.25, 0.3) is 0 Å². The molecule has 4 nitrogen and oxygen atoms in total. The molecular formula is C19H23NO3. The van der Waals surface area contributed by atoms with Crippen molar-refractivity contribution in [1.82, 2.24) is 5.32 Å². The van der Waals surface area contributed by atoms with E-state index in [4.69, 9.17) is 4.74 Å². The van der Waals surface area contributed by atoms with Crippen molar-refractivity contribution in [3.8, 4) is 17.2 Å². The van der Waals surface area contributed by atoms with Gasteiger partial charge in [0, 0.05) is 13.5 Å². The first kappa shape index (κ1) is 16.9. The fraction of sp³-hybridized carbons (Fsp3) is 0.316. The van der Waals surface area contributed by atoms with E-state index in [1.807, 2.05) is 13.8 Å². The Labute approximate surface area is 137 Å². The van der Waals surface area contributed by atoms with Crippen LogP contribution in [0.3, 0.4) is 0 Å². The van der Waals surface area contributed by atoms with Crippen LogP contribution in [-0.2, 0) is 11.2 Å². The number of rotatable bonds is 6. The van der Waals surface area contributed by atoms with E-state index in [9.17, 15) is 9.90 Å². The van der Waals surface area contributed by atoms with Gasteiger partial charge in [0.2, 0.25) is 5.91 Å². The van der Waals surface area contributed by atoms with Crippen molar-refractivity contribution in [2.24, 2.45) is 0 Å². The Kier molecular flexibility index (Phi) is 5.63. The first-order valence-corrected chi connectivity index (χ1v) is 7.77. The van der Waals surface area contributed by atoms with Crippen LogP contribution in [0.5, 0.6) is 17.2 Å². The van der Waals surface area contributed by atoms with Crippen molar-refractivity contribution >= 4 is 5.91 Å². The largest absolute Gasteiger partial charge is 0.508 e. The molecule has 0 saturated heterocycles. The molecule has 0 aromatic heterocycles. The summed E-state index contributed by atoms with van der Waals surface area (Å²) in [7, 11) is 0. The average Bonchev–Trinajstić information content (AvgIpc) is 2.49. The minimum Gasteiger partial charge on any atom is -0.508 e. The number of ether oxygens (including phenoxy) is 1. The van der Waals surface area contributed by atoms with Gasteiger partial charge in [0.15, 0.2) is 0 Å². The van der Waals surface area contributed by atoms with E-state index in [0.29, 0.717) is 12.3 Å². The molecular weight excluding hydrogens is 290 g/mol. The molecule has 23 heavy (non-hydrogen) atoms. The number of hydrogen-bond acceptors (Lipinski definition) is 3. The van der Waals surface area contributed by atoms with E-state index < -0.39 is 0 Å². The molecule has 0 atom stereocenters. The number of nitrogens with one attached hydrogen (secondary N) is 1. The van der Waals surface area contributed by atoms with Gasteiger partial charge in [0.1, 0.15) is 17.2 Å². The second kappa shape index (κ2) is 7.68. The summed E-state index contributed by atoms with van der Waals surface area (Å²) in [6.07, 6.45) is 1.83. The van der Waals surface area contributed by atoms with Crippen molar-refractivity contribution in [2.75, 3.05) is 6.54 Å². The van der Waals surface area contributed by atoms with E-state index in [1.54, 1.807) is 24.3 Å². The van der Waals surface area contributed by atoms with Crippen molar-refractivity contribution in [2.45, 2.75) is 33.6 Å². The number of hydrogen-bond donors (Lipinski definition) is 2. The molecule has 0 bridgehead atoms. The number of aryl methyl sites for hydroxylation is 3. The van der Waals surface area contributed by atoms with Crippen LogP contribution in [0.2, 0.25) is 0 Å². The molecule has 0 saturated carbocycles. The van der Waals surface area contributed by atoms with Crippen molar-refractivity contribution in [1.29, 1.82) is 0 Å². The maximum Gasteiger partial charge on any atom is 0.216 e. The lowest BCUT2D eigenvalue weighted by Gasteiger charge is -2.14. The molecule has 0 aliphatic rings. The maximum absolute atomic E-state index is 10.9. The van der Waals surface area contributed by atoms with E-state index in [0.717, 1.165) is 29.7 Å². The number of carbonyl (C=O) groups excluding carboxylic acids is 1. The summed E-state index contributed by atoms with van der Waals surface area (Å²) in [6, 6.07) is 10.9. The van der Waals surface area contributed by atoms with Gasteiger partial charge in [-0.1, -0.05) is 12.1 Å². The van der Waals surface area contributed by atoms with Gasteiger partial charge in [-0.25, -0.2) is 0 Å². The number of phenols is 1. The molecule has 0 heterocycles. The second-order valence-electron chi connectivity index (χ2n) is 5.74. The lowest BCUT2D eigenvalue weighted by atomic mass is 10.0. The molecule has 1 amide bonds. The van der Waals surface area contributed by atoms with Crippen LogP contribution in [0, 0.1) is 13.8 Å². The topological polar surface area (TPSA) is 58.6 Å². The third kappa shape index (κ3) is 5.02. The molecule has 2 aromatic carbocycles. The van der Waals surface area contributed by atoms with Gasteiger partial charge in [0.05, 0.1) is 0 Å². The Morgan fingerprint density at radius 3 is 2.30 bits per heavy atom. The maximum atomic E-state index is 10.9. The van der Waals surface area contributed by atoms with Gasteiger partial charge in [-0.2, -0.15) is 0 Å². The molecule has 2 rings (SSSR count). The Hall–Kier alpha value is -2.49. The highest BCUT2D eigenvalue weighted by Gasteiger charge is 2.08. The molecule has 0 unspecified atom stereocenters. The van der Waals surface area contributed by atoms with Crippen LogP contribution in [0.15, 0.2) is 36.4 Å². The number of carbonyl (C=O) groups is 1. The summed E-state index contributed by atoms with van der Waals surface area (Å²) >= 11 is 0. The van der Waals surface area contributed by atoms with Gasteiger partial charge in [-0.15, -0.1) is 0 Å². The fourth-order valence-electron chi connectivity index (χ4n) is 2.53. The minimum atomic E-state index is 0.00927. The molecule has 0 fully saturated rings. The van der Waals surface area contributed by atoms with E-state index in [2.05, 4.69) is 17.4 Å². The zero-order valence-corrected chi connectivity index (χ0v) is 13.8. The van der Waals surface area contributed by atoms with E-state index in [1.165, 1.54) is 12.5 Å². The molecule has 0 aliphatic heterocycles. The number of amides is 1. The zero-order valence-electron chi connectivity index (χ0n) is 13.8. The summed E-state index contributed by atoms with van der Waals surface area (Å²) in [5.41, 5.74) is 3.39. The van der Waals surface area contributed by atoms with Crippen LogP contribution in [0.25, 0.3) is 0 Å². The fourth-order valence-corrected chi connectivity index (χ4v) is 2.53. The highest BCUT2D eigenvalue weighted by Crippen LogP contribution is 2.30. The normalized spacial score (nSPS) is 10.4. The molecule has 2 aromatic rings. The van der Waals surface area contributed by atoms with E-state index >= 15 is 0 Å². The zero-order chi connectivity index (χ0) is 16.8. The van der Waals surface area contributed by atoms with Crippen LogP contribution in [0.1, 0.15) is 30.0 Å². The summed E-state index contributed by atoms with van der Waals surface area (Å²) in [5, 5.41) is 12.1. The third-order valence-electron chi connectivity index (χ3n) is 3.59. The second-order valence-corrected chi connectivity index (χ2v) is 5.74. The average molecular weight is 313 g/mol. The number of aromatic hydroxyl groups is 1. The first-order chi connectivity index (χ1) is 11.0. The Morgan fingerprint density at radius 1 is 1.13 bits per heavy atom. The van der Waals surface area contributed by atoms with Crippen LogP contribution in [-0.4, -0.2) is 17.6 Å². The lowest BCUT2D eigenvalue weighted by molar-refractivity contribution is -0.118. The molecule has 0 radical (unpaired) electrons. The highest BCUT2D eigenvalue weighted by molar-refractivity contribution is 5.72. The molecule has 0 spiro atoms. The summed E-state index contributed by atoms with van der Waals surface area (Å²) < 4.78 is 5.94. The molecule has 4 heteroatoms. The summed E-state index contributed by atoms with van der Waals surface area (Å²) in [4.78, 5) is 10.9. The van der Waals surface area contributed by atoms with Crippen molar-refractivity contribution in [3.05, 3.63) is 53.1 Å². The van der Waals surface area contributed by atoms with Crippen LogP contribution in [0.4, 0.5) is 0 Å².